The highest BCUT2D eigenvalue weighted by Gasteiger charge is 2.54. The zero-order valence-electron chi connectivity index (χ0n) is 66.2. The third-order valence-corrected chi connectivity index (χ3v) is 21.6. The maximum atomic E-state index is 13.5. The van der Waals surface area contributed by atoms with Crippen molar-refractivity contribution in [3.63, 3.8) is 0 Å². The number of unbranched alkanes of at least 4 members (excludes halogenated alkanes) is 48. The van der Waals surface area contributed by atoms with Crippen LogP contribution in [0.4, 0.5) is 0 Å². The van der Waals surface area contributed by atoms with Gasteiger partial charge in [-0.25, -0.2) is 0 Å². The van der Waals surface area contributed by atoms with E-state index >= 15 is 0 Å². The third-order valence-electron chi connectivity index (χ3n) is 21.6. The van der Waals surface area contributed by atoms with Crippen molar-refractivity contribution in [2.75, 3.05) is 26.4 Å². The molecule has 3 rings (SSSR count). The minimum atomic E-state index is -1.98. The Morgan fingerprint density at radius 1 is 0.343 bits per heavy atom. The average Bonchev–Trinajstić information content (AvgIpc) is 0.780. The van der Waals surface area contributed by atoms with Crippen LogP contribution < -0.4 is 5.32 Å². The number of amides is 1. The van der Waals surface area contributed by atoms with E-state index in [0.29, 0.717) is 12.8 Å². The molecular weight excluding hydrogens is 1330 g/mol. The number of aliphatic hydroxyl groups is 11. The molecule has 19 nitrogen and oxygen atoms in total. The van der Waals surface area contributed by atoms with Gasteiger partial charge in [-0.1, -0.05) is 339 Å². The molecule has 3 aliphatic rings. The molecule has 616 valence electrons. The maximum absolute atomic E-state index is 13.5. The topological polar surface area (TPSA) is 307 Å². The number of aliphatic hydroxyl groups excluding tert-OH is 11. The number of hydrogen-bond acceptors (Lipinski definition) is 18. The van der Waals surface area contributed by atoms with Crippen LogP contribution in [-0.4, -0.2) is 193 Å². The van der Waals surface area contributed by atoms with Crippen LogP contribution in [0.2, 0.25) is 0 Å². The highest BCUT2D eigenvalue weighted by Crippen LogP contribution is 2.33. The molecule has 0 saturated carbocycles. The van der Waals surface area contributed by atoms with E-state index in [4.69, 9.17) is 28.4 Å². The molecule has 3 heterocycles. The summed E-state index contributed by atoms with van der Waals surface area (Å²) in [7, 11) is 0. The highest BCUT2D eigenvalue weighted by molar-refractivity contribution is 5.76. The summed E-state index contributed by atoms with van der Waals surface area (Å²) < 4.78 is 34.5. The lowest BCUT2D eigenvalue weighted by atomic mass is 9.96. The molecule has 0 bridgehead atoms. The number of ether oxygens (including phenoxy) is 6. The summed E-state index contributed by atoms with van der Waals surface area (Å²) in [5, 5.41) is 121. The zero-order chi connectivity index (χ0) is 76.0. The van der Waals surface area contributed by atoms with Crippen LogP contribution in [0, 0.1) is 0 Å². The van der Waals surface area contributed by atoms with Crippen LogP contribution in [0.15, 0.2) is 48.6 Å². The van der Waals surface area contributed by atoms with E-state index in [-0.39, 0.29) is 18.9 Å². The smallest absolute Gasteiger partial charge is 0.220 e. The fourth-order valence-electron chi connectivity index (χ4n) is 14.7. The van der Waals surface area contributed by atoms with E-state index in [2.05, 4.69) is 55.6 Å². The summed E-state index contributed by atoms with van der Waals surface area (Å²) in [6.45, 7) is 1.76. The van der Waals surface area contributed by atoms with Gasteiger partial charge in [0.05, 0.1) is 38.6 Å². The van der Waals surface area contributed by atoms with Crippen LogP contribution >= 0.6 is 0 Å². The van der Waals surface area contributed by atoms with Gasteiger partial charge in [0, 0.05) is 6.42 Å². The molecule has 17 unspecified atom stereocenters. The molecule has 0 aliphatic carbocycles. The second kappa shape index (κ2) is 66.4. The number of rotatable bonds is 70. The third kappa shape index (κ3) is 45.8. The maximum Gasteiger partial charge on any atom is 0.220 e. The largest absolute Gasteiger partial charge is 0.394 e. The lowest BCUT2D eigenvalue weighted by Crippen LogP contribution is -2.66. The summed E-state index contributed by atoms with van der Waals surface area (Å²) in [5.41, 5.74) is 0. The number of hydrogen-bond donors (Lipinski definition) is 12. The van der Waals surface area contributed by atoms with Gasteiger partial charge in [0.15, 0.2) is 18.9 Å². The molecule has 0 spiro atoms. The normalized spacial score (nSPS) is 26.0. The van der Waals surface area contributed by atoms with Gasteiger partial charge in [-0.3, -0.25) is 4.79 Å². The molecule has 0 aromatic carbocycles. The molecule has 12 N–H and O–H groups in total. The number of carbonyl (C=O) groups is 1. The van der Waals surface area contributed by atoms with Gasteiger partial charge in [-0.15, -0.1) is 0 Å². The Bertz CT molecular complexity index is 2080. The SMILES string of the molecule is CCCCCCC/C=C\C/C=C\CCCCCCCCCCCCCCCCCCCCCCCCCCCCCC(=O)NC(COC1OC(CO)C(OC2OC(CO)C(OC3OC(CO)C(O)C(O)C3O)C(O)C2O)C(O)C1O)C(O)/C=C/CC/C=C/CCCCCCCCCCCCCCCCC. The minimum absolute atomic E-state index is 0.239. The number of carbonyl (C=O) groups excluding carboxylic acids is 1. The molecule has 3 saturated heterocycles. The van der Waals surface area contributed by atoms with Crippen LogP contribution in [0.1, 0.15) is 361 Å². The van der Waals surface area contributed by atoms with Gasteiger partial charge >= 0.3 is 0 Å². The summed E-state index contributed by atoms with van der Waals surface area (Å²) in [6, 6.07) is -0.990. The number of nitrogens with one attached hydrogen (secondary N) is 1. The fraction of sp³-hybridized carbons (Fsp3) is 0.895. The Labute approximate surface area is 637 Å². The molecular formula is C86H159NO18. The Hall–Kier alpha value is -2.25. The Morgan fingerprint density at radius 2 is 0.638 bits per heavy atom. The highest BCUT2D eigenvalue weighted by atomic mass is 16.8. The van der Waals surface area contributed by atoms with E-state index in [1.165, 1.54) is 283 Å². The van der Waals surface area contributed by atoms with Gasteiger partial charge in [-0.05, 0) is 64.2 Å². The molecule has 105 heavy (non-hydrogen) atoms. The molecule has 0 radical (unpaired) electrons. The lowest BCUT2D eigenvalue weighted by Gasteiger charge is -2.48. The standard InChI is InChI=1S/C86H159NO18/c1-3-5-7-9-11-13-15-17-19-21-23-25-26-27-28-29-30-31-32-33-34-35-36-37-38-39-40-41-42-44-46-48-50-52-54-56-58-60-62-64-74(92)87-69(70(91)63-61-59-57-55-53-51-49-47-45-43-24-22-20-18-16-14-12-10-8-6-4-2)68-100-84-80(98)77(95)82(72(66-89)102-84)105-86-81(99)78(96)83(73(67-90)103-86)104-85-79(97)76(94)75(93)71(65-88)101-85/h15,17,21,23,53,55,61,63,69-73,75-86,88-91,93-99H,3-14,16,18-20,22,24-52,54,56-60,62,64-68H2,1-2H3,(H,87,92)/b17-15-,23-21-,55-53+,63-61+. The molecule has 0 aromatic rings. The van der Waals surface area contributed by atoms with Gasteiger partial charge in [0.1, 0.15) is 73.2 Å². The van der Waals surface area contributed by atoms with Gasteiger partial charge in [0.2, 0.25) is 5.91 Å². The van der Waals surface area contributed by atoms with E-state index in [9.17, 15) is 61.0 Å². The van der Waals surface area contributed by atoms with Crippen molar-refractivity contribution in [2.45, 2.75) is 465 Å². The van der Waals surface area contributed by atoms with Gasteiger partial charge in [-0.2, -0.15) is 0 Å². The first-order chi connectivity index (χ1) is 51.3. The average molecular weight is 1500 g/mol. The first-order valence-corrected chi connectivity index (χ1v) is 43.4. The molecule has 0 aromatic heterocycles. The van der Waals surface area contributed by atoms with Crippen molar-refractivity contribution in [1.29, 1.82) is 0 Å². The van der Waals surface area contributed by atoms with Gasteiger partial charge < -0.3 is 89.9 Å². The molecule has 17 atom stereocenters. The lowest BCUT2D eigenvalue weighted by molar-refractivity contribution is -0.379. The van der Waals surface area contributed by atoms with Crippen molar-refractivity contribution in [1.82, 2.24) is 5.32 Å². The predicted molar refractivity (Wildman–Crippen MR) is 420 cm³/mol. The minimum Gasteiger partial charge on any atom is -0.394 e. The summed E-state index contributed by atoms with van der Waals surface area (Å²) >= 11 is 0. The van der Waals surface area contributed by atoms with Gasteiger partial charge in [0.25, 0.3) is 0 Å². The monoisotopic (exact) mass is 1490 g/mol. The molecule has 3 fully saturated rings. The number of allylic oxidation sites excluding steroid dienone is 7. The first-order valence-electron chi connectivity index (χ1n) is 43.4. The van der Waals surface area contributed by atoms with E-state index in [1.54, 1.807) is 6.08 Å². The second-order valence-electron chi connectivity index (χ2n) is 31.0. The van der Waals surface area contributed by atoms with E-state index < -0.39 is 124 Å². The predicted octanol–water partition coefficient (Wildman–Crippen LogP) is 15.6. The summed E-state index contributed by atoms with van der Waals surface area (Å²) in [5.74, 6) is -0.278. The van der Waals surface area contributed by atoms with Crippen molar-refractivity contribution in [3.05, 3.63) is 48.6 Å². The molecule has 1 amide bonds. The second-order valence-corrected chi connectivity index (χ2v) is 31.0. The van der Waals surface area contributed by atoms with Crippen LogP contribution in [-0.2, 0) is 33.2 Å². The van der Waals surface area contributed by atoms with Crippen molar-refractivity contribution in [2.24, 2.45) is 0 Å². The fourth-order valence-corrected chi connectivity index (χ4v) is 14.7. The van der Waals surface area contributed by atoms with Crippen LogP contribution in [0.5, 0.6) is 0 Å². The quantitative estimate of drug-likeness (QED) is 0.0199. The Morgan fingerprint density at radius 3 is 1.01 bits per heavy atom. The molecule has 3 aliphatic heterocycles. The van der Waals surface area contributed by atoms with Crippen LogP contribution in [0.3, 0.4) is 0 Å². The van der Waals surface area contributed by atoms with E-state index in [0.717, 1.165) is 44.9 Å². The summed E-state index contributed by atoms with van der Waals surface area (Å²) in [4.78, 5) is 13.5. The first kappa shape index (κ1) is 96.9. The van der Waals surface area contributed by atoms with Crippen molar-refractivity contribution < 1.29 is 89.4 Å². The van der Waals surface area contributed by atoms with Crippen molar-refractivity contribution in [3.8, 4) is 0 Å². The zero-order valence-corrected chi connectivity index (χ0v) is 66.2. The summed E-state index contributed by atoms with van der Waals surface area (Å²) in [6.07, 6.45) is 58.5. The molecule has 19 heteroatoms. The van der Waals surface area contributed by atoms with Crippen molar-refractivity contribution >= 4 is 5.91 Å². The van der Waals surface area contributed by atoms with E-state index in [1.807, 2.05) is 6.08 Å². The Balaban J connectivity index is 1.31. The Kier molecular flexibility index (Phi) is 61.3. The van der Waals surface area contributed by atoms with Crippen LogP contribution in [0.25, 0.3) is 0 Å².